The van der Waals surface area contributed by atoms with E-state index < -0.39 is 47.4 Å². The molecular formula is C48H63N7O7. The van der Waals surface area contributed by atoms with Gasteiger partial charge in [0.25, 0.3) is 5.91 Å². The molecule has 332 valence electrons. The predicted octanol–water partition coefficient (Wildman–Crippen LogP) is 5.23. The van der Waals surface area contributed by atoms with Crippen molar-refractivity contribution in [1.29, 1.82) is 0 Å². The predicted molar refractivity (Wildman–Crippen MR) is 238 cm³/mol. The summed E-state index contributed by atoms with van der Waals surface area (Å²) in [6.45, 7) is 13.6. The molecule has 0 spiro atoms. The Kier molecular flexibility index (Phi) is 12.9. The van der Waals surface area contributed by atoms with Gasteiger partial charge in [0.15, 0.2) is 0 Å². The van der Waals surface area contributed by atoms with Crippen molar-refractivity contribution in [3.8, 4) is 28.1 Å². The third kappa shape index (κ3) is 8.95. The van der Waals surface area contributed by atoms with E-state index in [-0.39, 0.29) is 36.0 Å². The van der Waals surface area contributed by atoms with Crippen molar-refractivity contribution in [2.75, 3.05) is 34.3 Å². The van der Waals surface area contributed by atoms with Crippen molar-refractivity contribution in [2.45, 2.75) is 111 Å². The highest BCUT2D eigenvalue weighted by Crippen LogP contribution is 2.42. The number of pyridine rings is 1. The molecule has 6 bridgehead atoms. The molecule has 4 aromatic rings. The van der Waals surface area contributed by atoms with Crippen molar-refractivity contribution in [3.05, 3.63) is 71.5 Å². The molecule has 2 fully saturated rings. The number of aromatic hydroxyl groups is 1. The summed E-state index contributed by atoms with van der Waals surface area (Å²) in [6, 6.07) is 12.9. The number of hydrogen-bond donors (Lipinski definition) is 4. The summed E-state index contributed by atoms with van der Waals surface area (Å²) in [5, 5.41) is 26.8. The molecule has 3 aliphatic rings. The maximum atomic E-state index is 14.7. The largest absolute Gasteiger partial charge is 0.508 e. The van der Waals surface area contributed by atoms with Gasteiger partial charge in [-0.1, -0.05) is 39.8 Å². The van der Waals surface area contributed by atoms with Crippen LogP contribution in [0.5, 0.6) is 5.75 Å². The molecule has 4 amide bonds. The molecule has 1 saturated carbocycles. The van der Waals surface area contributed by atoms with E-state index in [1.807, 2.05) is 46.0 Å². The average molecular weight is 850 g/mol. The van der Waals surface area contributed by atoms with Gasteiger partial charge in [0.1, 0.15) is 23.9 Å². The molecule has 1 saturated heterocycles. The Bertz CT molecular complexity index is 2360. The van der Waals surface area contributed by atoms with Crippen molar-refractivity contribution < 1.29 is 34.1 Å². The van der Waals surface area contributed by atoms with E-state index in [0.29, 0.717) is 50.9 Å². The lowest BCUT2D eigenvalue weighted by Gasteiger charge is -2.39. The first-order valence-electron chi connectivity index (χ1n) is 22.0. The van der Waals surface area contributed by atoms with Crippen molar-refractivity contribution >= 4 is 34.5 Å². The highest BCUT2D eigenvalue weighted by Gasteiger charge is 2.46. The summed E-state index contributed by atoms with van der Waals surface area (Å²) in [7, 11) is 5.05. The minimum Gasteiger partial charge on any atom is -0.508 e. The fraction of sp³-hybridized carbons (Fsp3) is 0.521. The van der Waals surface area contributed by atoms with Gasteiger partial charge >= 0.3 is 0 Å². The van der Waals surface area contributed by atoms with Gasteiger partial charge < -0.3 is 34.6 Å². The number of aliphatic hydroxyl groups is 1. The molecule has 7 rings (SSSR count). The highest BCUT2D eigenvalue weighted by atomic mass is 16.5. The second kappa shape index (κ2) is 17.8. The van der Waals surface area contributed by atoms with E-state index in [4.69, 9.17) is 9.72 Å². The molecule has 14 heteroatoms. The molecule has 4 N–H and O–H groups in total. The molecule has 1 aliphatic carbocycles. The van der Waals surface area contributed by atoms with Crippen LogP contribution in [0.2, 0.25) is 0 Å². The molecule has 2 aliphatic heterocycles. The number of nitrogens with zero attached hydrogens (tertiary/aromatic N) is 5. The van der Waals surface area contributed by atoms with Gasteiger partial charge in [-0.3, -0.25) is 29.2 Å². The third-order valence-corrected chi connectivity index (χ3v) is 12.9. The number of carbonyl (C=O) groups is 4. The van der Waals surface area contributed by atoms with Gasteiger partial charge in [0, 0.05) is 69.9 Å². The Labute approximate surface area is 364 Å². The zero-order valence-electron chi connectivity index (χ0n) is 37.6. The van der Waals surface area contributed by atoms with E-state index in [1.54, 1.807) is 37.4 Å². The Morgan fingerprint density at radius 1 is 1.08 bits per heavy atom. The Morgan fingerprint density at radius 2 is 1.82 bits per heavy atom. The number of amides is 4. The number of likely N-dealkylation sites (N-methyl/N-ethyl adjacent to an activating group) is 2. The topological polar surface area (TPSA) is 170 Å². The van der Waals surface area contributed by atoms with Crippen LogP contribution in [0.15, 0.2) is 54.7 Å². The normalized spacial score (nSPS) is 22.6. The summed E-state index contributed by atoms with van der Waals surface area (Å²) in [4.78, 5) is 64.4. The monoisotopic (exact) mass is 849 g/mol. The molecule has 6 atom stereocenters. The average Bonchev–Trinajstić information content (AvgIpc) is 3.90. The zero-order chi connectivity index (χ0) is 44.8. The molecule has 0 unspecified atom stereocenters. The summed E-state index contributed by atoms with van der Waals surface area (Å²) in [5.74, 6) is -2.27. The minimum absolute atomic E-state index is 0.00410. The van der Waals surface area contributed by atoms with Gasteiger partial charge in [-0.25, -0.2) is 5.43 Å². The molecule has 4 heterocycles. The lowest BCUT2D eigenvalue weighted by Crippen LogP contribution is -2.63. The lowest BCUT2D eigenvalue weighted by atomic mass is 9.82. The SMILES string of the molecule is CCn1c(-c2cccnc2[C@H](C)OC)c2c3cc(ccc31)-c1cc(O)cc(c1)C[C@H](NC(=O)[C@H](C(C)C)N(C)C(=O)[C@H]1C[C@@H]1O)C(=O)N1CCC[C@H](N1)C(=O)N(C)CC(C)(C)C2. The molecule has 14 nitrogen and oxygen atoms in total. The van der Waals surface area contributed by atoms with Crippen LogP contribution in [-0.4, -0.2) is 117 Å². The number of phenols is 1. The third-order valence-electron chi connectivity index (χ3n) is 12.9. The molecule has 2 aromatic carbocycles. The Hall–Kier alpha value is -5.31. The van der Waals surface area contributed by atoms with Crippen LogP contribution in [0.3, 0.4) is 0 Å². The summed E-state index contributed by atoms with van der Waals surface area (Å²) in [5.41, 5.74) is 10.0. The fourth-order valence-electron chi connectivity index (χ4n) is 9.73. The Balaban J connectivity index is 1.37. The van der Waals surface area contributed by atoms with Crippen LogP contribution < -0.4 is 10.7 Å². The first kappa shape index (κ1) is 44.7. The number of phenolic OH excluding ortho intramolecular Hbond substituents is 1. The van der Waals surface area contributed by atoms with Gasteiger partial charge in [-0.2, -0.15) is 0 Å². The maximum Gasteiger partial charge on any atom is 0.259 e. The van der Waals surface area contributed by atoms with E-state index in [9.17, 15) is 29.4 Å². The number of methoxy groups -OCH3 is 1. The number of aliphatic hydroxyl groups excluding tert-OH is 1. The molecule has 0 radical (unpaired) electrons. The van der Waals surface area contributed by atoms with Crippen LogP contribution in [0, 0.1) is 17.3 Å². The van der Waals surface area contributed by atoms with Crippen molar-refractivity contribution in [2.24, 2.45) is 17.3 Å². The first-order chi connectivity index (χ1) is 29.4. The van der Waals surface area contributed by atoms with Crippen LogP contribution in [-0.2, 0) is 43.3 Å². The van der Waals surface area contributed by atoms with Gasteiger partial charge in [-0.05, 0) is 110 Å². The fourth-order valence-corrected chi connectivity index (χ4v) is 9.73. The summed E-state index contributed by atoms with van der Waals surface area (Å²) < 4.78 is 8.14. The van der Waals surface area contributed by atoms with Crippen LogP contribution >= 0.6 is 0 Å². The van der Waals surface area contributed by atoms with Crippen LogP contribution in [0.4, 0.5) is 0 Å². The Morgan fingerprint density at radius 3 is 2.50 bits per heavy atom. The van der Waals surface area contributed by atoms with Crippen LogP contribution in [0.1, 0.15) is 83.7 Å². The van der Waals surface area contributed by atoms with E-state index in [1.165, 1.54) is 9.91 Å². The first-order valence-corrected chi connectivity index (χ1v) is 22.0. The van der Waals surface area contributed by atoms with Crippen molar-refractivity contribution in [1.82, 2.24) is 35.1 Å². The number of hydrazine groups is 1. The van der Waals surface area contributed by atoms with Crippen LogP contribution in [0.25, 0.3) is 33.3 Å². The van der Waals surface area contributed by atoms with Crippen molar-refractivity contribution in [3.63, 3.8) is 0 Å². The summed E-state index contributed by atoms with van der Waals surface area (Å²) in [6.07, 6.45) is 2.87. The number of aryl methyl sites for hydroxylation is 1. The van der Waals surface area contributed by atoms with E-state index in [0.717, 1.165) is 44.5 Å². The number of aromatic nitrogens is 2. The number of nitrogens with one attached hydrogen (secondary N) is 2. The molecule has 62 heavy (non-hydrogen) atoms. The molecule has 2 aromatic heterocycles. The number of fused-ring (bicyclic) bond motifs is 6. The van der Waals surface area contributed by atoms with Gasteiger partial charge in [0.2, 0.25) is 17.7 Å². The summed E-state index contributed by atoms with van der Waals surface area (Å²) >= 11 is 0. The van der Waals surface area contributed by atoms with E-state index in [2.05, 4.69) is 54.3 Å². The number of carbonyl (C=O) groups excluding carboxylic acids is 4. The van der Waals surface area contributed by atoms with E-state index >= 15 is 0 Å². The number of hydrogen-bond acceptors (Lipinski definition) is 9. The standard InChI is InChI=1S/C48H63N7O7/c1-10-54-39-16-15-30-23-34(39)36(43(54)33-13-11-17-49-41(33)28(4)62-9)25-48(5,6)26-52(7)46(60)37-14-12-18-55(51-37)47(61)38(21-29-19-31(30)22-32(56)20-29)50-44(58)42(27(2)3)53(8)45(59)35-24-40(35)57/h11,13,15-17,19-20,22-23,27-28,35,37-38,40,42,51,56-57H,10,12,14,18,21,24-26H2,1-9H3,(H,50,58)/t28-,35-,37-,38-,40-,42-/m0/s1. The maximum absolute atomic E-state index is 14.7. The van der Waals surface area contributed by atoms with Gasteiger partial charge in [0.05, 0.1) is 29.5 Å². The highest BCUT2D eigenvalue weighted by molar-refractivity contribution is 5.96. The lowest BCUT2D eigenvalue weighted by molar-refractivity contribution is -0.147. The number of benzene rings is 2. The second-order valence-corrected chi connectivity index (χ2v) is 18.7. The van der Waals surface area contributed by atoms with Gasteiger partial charge in [-0.15, -0.1) is 0 Å². The smallest absolute Gasteiger partial charge is 0.259 e. The quantitative estimate of drug-likeness (QED) is 0.176. The zero-order valence-corrected chi connectivity index (χ0v) is 37.6. The second-order valence-electron chi connectivity index (χ2n) is 18.7. The minimum atomic E-state index is -1.12. The molecular weight excluding hydrogens is 787 g/mol. The number of ether oxygens (including phenoxy) is 1. The number of rotatable bonds is 9.